The Balaban J connectivity index is 1.93. The summed E-state index contributed by atoms with van der Waals surface area (Å²) >= 11 is 0. The van der Waals surface area contributed by atoms with Crippen molar-refractivity contribution in [3.63, 3.8) is 0 Å². The number of likely N-dealkylation sites (tertiary alicyclic amines) is 1. The van der Waals surface area contributed by atoms with Gasteiger partial charge in [0.05, 0.1) is 24.9 Å². The molecule has 1 saturated heterocycles. The van der Waals surface area contributed by atoms with Crippen LogP contribution >= 0.6 is 0 Å². The average Bonchev–Trinajstić information content (AvgIpc) is 3.04. The number of ether oxygens (including phenoxy) is 1. The van der Waals surface area contributed by atoms with Gasteiger partial charge in [-0.25, -0.2) is 0 Å². The first kappa shape index (κ1) is 14.5. The molecule has 1 fully saturated rings. The summed E-state index contributed by atoms with van der Waals surface area (Å²) in [5.74, 6) is 0.515. The van der Waals surface area contributed by atoms with Gasteiger partial charge in [-0.05, 0) is 37.5 Å². The zero-order chi connectivity index (χ0) is 15.5. The van der Waals surface area contributed by atoms with Crippen LogP contribution in [-0.2, 0) is 0 Å². The summed E-state index contributed by atoms with van der Waals surface area (Å²) in [4.78, 5) is 23.2. The highest BCUT2D eigenvalue weighted by Crippen LogP contribution is 2.34. The molecule has 1 aliphatic rings. The molecular weight excluding hydrogens is 278 g/mol. The van der Waals surface area contributed by atoms with Gasteiger partial charge in [0.25, 0.3) is 5.91 Å². The molecule has 5 nitrogen and oxygen atoms in total. The maximum Gasteiger partial charge on any atom is 0.258 e. The van der Waals surface area contributed by atoms with Gasteiger partial charge in [0.1, 0.15) is 5.75 Å². The van der Waals surface area contributed by atoms with E-state index in [1.54, 1.807) is 25.6 Å². The van der Waals surface area contributed by atoms with Crippen LogP contribution in [0.5, 0.6) is 5.75 Å². The predicted octanol–water partition coefficient (Wildman–Crippen LogP) is 2.77. The Morgan fingerprint density at radius 1 is 1.41 bits per heavy atom. The van der Waals surface area contributed by atoms with Crippen LogP contribution < -0.4 is 4.74 Å². The van der Waals surface area contributed by atoms with E-state index in [0.29, 0.717) is 11.3 Å². The first-order chi connectivity index (χ1) is 10.7. The average molecular weight is 297 g/mol. The number of aryl methyl sites for hydroxylation is 1. The van der Waals surface area contributed by atoms with Gasteiger partial charge in [0, 0.05) is 24.6 Å². The number of methoxy groups -OCH3 is 1. The summed E-state index contributed by atoms with van der Waals surface area (Å²) in [6.07, 6.45) is 7.16. The normalized spacial score (nSPS) is 17.5. The summed E-state index contributed by atoms with van der Waals surface area (Å²) < 4.78 is 5.30. The van der Waals surface area contributed by atoms with E-state index in [4.69, 9.17) is 4.74 Å². The van der Waals surface area contributed by atoms with Crippen molar-refractivity contribution in [2.24, 2.45) is 0 Å². The summed E-state index contributed by atoms with van der Waals surface area (Å²) in [7, 11) is 1.56. The molecule has 0 radical (unpaired) electrons. The van der Waals surface area contributed by atoms with Gasteiger partial charge in [-0.15, -0.1) is 0 Å². The Hall–Kier alpha value is -2.43. The SMILES string of the molecule is COc1cnc(C)cc1C(=O)N1CCCC1c1cccnc1. The fourth-order valence-electron chi connectivity index (χ4n) is 2.96. The number of nitrogens with zero attached hydrogens (tertiary/aromatic N) is 3. The van der Waals surface area contributed by atoms with Crippen LogP contribution in [-0.4, -0.2) is 34.4 Å². The van der Waals surface area contributed by atoms with Gasteiger partial charge in [-0.3, -0.25) is 14.8 Å². The number of hydrogen-bond donors (Lipinski definition) is 0. The maximum absolute atomic E-state index is 13.0. The zero-order valence-electron chi connectivity index (χ0n) is 12.8. The molecule has 5 heteroatoms. The van der Waals surface area contributed by atoms with E-state index < -0.39 is 0 Å². The van der Waals surface area contributed by atoms with Crippen molar-refractivity contribution in [3.05, 3.63) is 53.6 Å². The highest BCUT2D eigenvalue weighted by atomic mass is 16.5. The molecule has 2 aromatic heterocycles. The van der Waals surface area contributed by atoms with Crippen LogP contribution in [0.25, 0.3) is 0 Å². The van der Waals surface area contributed by atoms with Gasteiger partial charge in [-0.1, -0.05) is 6.07 Å². The number of aromatic nitrogens is 2. The van der Waals surface area contributed by atoms with E-state index in [9.17, 15) is 4.79 Å². The first-order valence-corrected chi connectivity index (χ1v) is 7.42. The van der Waals surface area contributed by atoms with Crippen molar-refractivity contribution < 1.29 is 9.53 Å². The molecule has 22 heavy (non-hydrogen) atoms. The van der Waals surface area contributed by atoms with E-state index in [-0.39, 0.29) is 11.9 Å². The maximum atomic E-state index is 13.0. The molecule has 0 aliphatic carbocycles. The Morgan fingerprint density at radius 3 is 3.00 bits per heavy atom. The molecule has 1 aliphatic heterocycles. The molecule has 1 atom stereocenters. The topological polar surface area (TPSA) is 55.3 Å². The Labute approximate surface area is 130 Å². The van der Waals surface area contributed by atoms with Gasteiger partial charge in [0.15, 0.2) is 0 Å². The lowest BCUT2D eigenvalue weighted by atomic mass is 10.1. The fourth-order valence-corrected chi connectivity index (χ4v) is 2.96. The number of rotatable bonds is 3. The molecule has 0 spiro atoms. The van der Waals surface area contributed by atoms with Crippen molar-refractivity contribution in [2.75, 3.05) is 13.7 Å². The standard InChI is InChI=1S/C17H19N3O2/c1-12-9-14(16(22-2)11-19-12)17(21)20-8-4-6-15(20)13-5-3-7-18-10-13/h3,5,7,9-11,15H,4,6,8H2,1-2H3. The molecule has 1 amide bonds. The largest absolute Gasteiger partial charge is 0.494 e. The summed E-state index contributed by atoms with van der Waals surface area (Å²) in [5.41, 5.74) is 2.46. The van der Waals surface area contributed by atoms with Crippen LogP contribution in [0, 0.1) is 6.92 Å². The fraction of sp³-hybridized carbons (Fsp3) is 0.353. The molecule has 3 rings (SSSR count). The molecule has 0 aromatic carbocycles. The van der Waals surface area contributed by atoms with E-state index in [1.807, 2.05) is 30.2 Å². The third-order valence-electron chi connectivity index (χ3n) is 4.04. The number of hydrogen-bond acceptors (Lipinski definition) is 4. The summed E-state index contributed by atoms with van der Waals surface area (Å²) in [5, 5.41) is 0. The van der Waals surface area contributed by atoms with Crippen LogP contribution in [0.3, 0.4) is 0 Å². The lowest BCUT2D eigenvalue weighted by molar-refractivity contribution is 0.0731. The Bertz CT molecular complexity index is 673. The highest BCUT2D eigenvalue weighted by Gasteiger charge is 2.32. The Kier molecular flexibility index (Phi) is 4.04. The van der Waals surface area contributed by atoms with Crippen LogP contribution in [0.4, 0.5) is 0 Å². The molecule has 1 unspecified atom stereocenters. The van der Waals surface area contributed by atoms with Crippen molar-refractivity contribution in [1.29, 1.82) is 0 Å². The van der Waals surface area contributed by atoms with Crippen molar-refractivity contribution in [1.82, 2.24) is 14.9 Å². The first-order valence-electron chi connectivity index (χ1n) is 7.42. The molecule has 114 valence electrons. The van der Waals surface area contributed by atoms with E-state index in [2.05, 4.69) is 9.97 Å². The van der Waals surface area contributed by atoms with E-state index in [0.717, 1.165) is 30.6 Å². The van der Waals surface area contributed by atoms with Crippen molar-refractivity contribution in [3.8, 4) is 5.75 Å². The monoisotopic (exact) mass is 297 g/mol. The lowest BCUT2D eigenvalue weighted by Crippen LogP contribution is -2.31. The summed E-state index contributed by atoms with van der Waals surface area (Å²) in [6.45, 7) is 2.63. The van der Waals surface area contributed by atoms with Crippen molar-refractivity contribution in [2.45, 2.75) is 25.8 Å². The lowest BCUT2D eigenvalue weighted by Gasteiger charge is -2.25. The number of pyridine rings is 2. The second kappa shape index (κ2) is 6.13. The minimum atomic E-state index is -0.00583. The molecule has 2 aromatic rings. The molecule has 0 N–H and O–H groups in total. The third kappa shape index (κ3) is 2.66. The van der Waals surface area contributed by atoms with E-state index >= 15 is 0 Å². The Morgan fingerprint density at radius 2 is 2.27 bits per heavy atom. The van der Waals surface area contributed by atoms with Gasteiger partial charge in [-0.2, -0.15) is 0 Å². The summed E-state index contributed by atoms with van der Waals surface area (Å²) in [6, 6.07) is 5.81. The second-order valence-electron chi connectivity index (χ2n) is 5.47. The molecule has 0 saturated carbocycles. The van der Waals surface area contributed by atoms with Crippen molar-refractivity contribution >= 4 is 5.91 Å². The van der Waals surface area contributed by atoms with Gasteiger partial charge in [0.2, 0.25) is 0 Å². The minimum absolute atomic E-state index is 0.00583. The van der Waals surface area contributed by atoms with E-state index in [1.165, 1.54) is 0 Å². The number of carbonyl (C=O) groups excluding carboxylic acids is 1. The highest BCUT2D eigenvalue weighted by molar-refractivity contribution is 5.97. The van der Waals surface area contributed by atoms with Gasteiger partial charge < -0.3 is 9.64 Å². The third-order valence-corrected chi connectivity index (χ3v) is 4.04. The second-order valence-corrected chi connectivity index (χ2v) is 5.47. The number of carbonyl (C=O) groups is 1. The molecule has 0 bridgehead atoms. The quantitative estimate of drug-likeness (QED) is 0.874. The van der Waals surface area contributed by atoms with Crippen LogP contribution in [0.15, 0.2) is 36.8 Å². The zero-order valence-corrected chi connectivity index (χ0v) is 12.8. The number of amides is 1. The molecule has 3 heterocycles. The minimum Gasteiger partial charge on any atom is -0.494 e. The predicted molar refractivity (Wildman–Crippen MR) is 82.8 cm³/mol. The van der Waals surface area contributed by atoms with Crippen LogP contribution in [0.2, 0.25) is 0 Å². The van der Waals surface area contributed by atoms with Crippen LogP contribution in [0.1, 0.15) is 40.5 Å². The smallest absolute Gasteiger partial charge is 0.258 e. The van der Waals surface area contributed by atoms with Gasteiger partial charge >= 0.3 is 0 Å². The molecular formula is C17H19N3O2.